The molecule has 2 heterocycles. The van der Waals surface area contributed by atoms with E-state index in [0.717, 1.165) is 42.9 Å². The maximum atomic E-state index is 12.6. The fourth-order valence-corrected chi connectivity index (χ4v) is 3.62. The van der Waals surface area contributed by atoms with Crippen LogP contribution in [0.2, 0.25) is 0 Å². The molecule has 0 saturated heterocycles. The predicted octanol–water partition coefficient (Wildman–Crippen LogP) is 2.70. The molecule has 1 aromatic carbocycles. The number of aromatic nitrogens is 2. The van der Waals surface area contributed by atoms with E-state index < -0.39 is 0 Å². The molecule has 1 fully saturated rings. The van der Waals surface area contributed by atoms with Crippen LogP contribution in [0.1, 0.15) is 41.7 Å². The summed E-state index contributed by atoms with van der Waals surface area (Å²) in [6.45, 7) is 2.09. The Hall–Kier alpha value is -3.03. The molecule has 0 spiro atoms. The molecule has 1 saturated carbocycles. The van der Waals surface area contributed by atoms with Crippen molar-refractivity contribution in [2.45, 2.75) is 44.8 Å². The third-order valence-corrected chi connectivity index (χ3v) is 5.27. The lowest BCUT2D eigenvalue weighted by Gasteiger charge is -2.29. The van der Waals surface area contributed by atoms with E-state index in [1.165, 1.54) is 0 Å². The van der Waals surface area contributed by atoms with E-state index in [4.69, 9.17) is 14.2 Å². The number of fused-ring (bicyclic) bond motifs is 1. The fourth-order valence-electron chi connectivity index (χ4n) is 3.62. The van der Waals surface area contributed by atoms with E-state index in [1.807, 2.05) is 44.1 Å². The van der Waals surface area contributed by atoms with Gasteiger partial charge in [-0.1, -0.05) is 0 Å². The van der Waals surface area contributed by atoms with Crippen molar-refractivity contribution < 1.29 is 19.0 Å². The number of hydrogen-bond donors (Lipinski definition) is 1. The van der Waals surface area contributed by atoms with Gasteiger partial charge in [0, 0.05) is 32.4 Å². The first-order valence-corrected chi connectivity index (χ1v) is 9.87. The standard InChI is InChI=1S/C21H26N4O4/c1-13-17(11-22-21(23-13)25(2)3)20(26)24-14-4-6-15(7-5-14)29-16-8-9-18-19(10-16)28-12-27-18/h8-11,14-15H,4-7,12H2,1-3H3,(H,24,26). The van der Waals surface area contributed by atoms with Gasteiger partial charge < -0.3 is 24.4 Å². The second-order valence-corrected chi connectivity index (χ2v) is 7.64. The topological polar surface area (TPSA) is 85.8 Å². The van der Waals surface area contributed by atoms with Crippen LogP contribution in [0.15, 0.2) is 24.4 Å². The maximum Gasteiger partial charge on any atom is 0.254 e. The zero-order valence-electron chi connectivity index (χ0n) is 17.0. The van der Waals surface area contributed by atoms with Crippen molar-refractivity contribution in [1.82, 2.24) is 15.3 Å². The van der Waals surface area contributed by atoms with E-state index in [9.17, 15) is 4.79 Å². The molecule has 1 amide bonds. The molecule has 0 atom stereocenters. The first-order chi connectivity index (χ1) is 14.0. The Morgan fingerprint density at radius 1 is 1.17 bits per heavy atom. The van der Waals surface area contributed by atoms with Gasteiger partial charge in [-0.05, 0) is 44.7 Å². The minimum atomic E-state index is -0.118. The zero-order valence-corrected chi connectivity index (χ0v) is 17.0. The van der Waals surface area contributed by atoms with Crippen LogP contribution in [-0.2, 0) is 0 Å². The van der Waals surface area contributed by atoms with Crippen LogP contribution in [0.25, 0.3) is 0 Å². The van der Waals surface area contributed by atoms with Crippen molar-refractivity contribution in [2.24, 2.45) is 0 Å². The Kier molecular flexibility index (Phi) is 5.42. The number of hydrogen-bond acceptors (Lipinski definition) is 7. The van der Waals surface area contributed by atoms with Crippen molar-refractivity contribution in [1.29, 1.82) is 0 Å². The Labute approximate surface area is 170 Å². The number of nitrogens with zero attached hydrogens (tertiary/aromatic N) is 3. The third kappa shape index (κ3) is 4.36. The average Bonchev–Trinajstić information content (AvgIpc) is 3.17. The number of nitrogens with one attached hydrogen (secondary N) is 1. The summed E-state index contributed by atoms with van der Waals surface area (Å²) >= 11 is 0. The van der Waals surface area contributed by atoms with Gasteiger partial charge in [-0.2, -0.15) is 0 Å². The highest BCUT2D eigenvalue weighted by Gasteiger charge is 2.25. The third-order valence-electron chi connectivity index (χ3n) is 5.27. The van der Waals surface area contributed by atoms with Crippen molar-refractivity contribution in [3.8, 4) is 17.2 Å². The van der Waals surface area contributed by atoms with Crippen LogP contribution in [0.5, 0.6) is 17.2 Å². The molecule has 154 valence electrons. The molecule has 8 heteroatoms. The highest BCUT2D eigenvalue weighted by Crippen LogP contribution is 2.36. The van der Waals surface area contributed by atoms with E-state index >= 15 is 0 Å². The number of carbonyl (C=O) groups is 1. The summed E-state index contributed by atoms with van der Waals surface area (Å²) in [5.41, 5.74) is 1.20. The Bertz CT molecular complexity index is 894. The Morgan fingerprint density at radius 2 is 1.93 bits per heavy atom. The smallest absolute Gasteiger partial charge is 0.254 e. The van der Waals surface area contributed by atoms with Crippen molar-refractivity contribution in [2.75, 3.05) is 25.8 Å². The van der Waals surface area contributed by atoms with Gasteiger partial charge in [0.15, 0.2) is 11.5 Å². The SMILES string of the molecule is Cc1nc(N(C)C)ncc1C(=O)NC1CCC(Oc2ccc3c(c2)OCO3)CC1. The van der Waals surface area contributed by atoms with Gasteiger partial charge in [0.25, 0.3) is 5.91 Å². The molecular weight excluding hydrogens is 372 g/mol. The highest BCUT2D eigenvalue weighted by molar-refractivity contribution is 5.95. The number of carbonyl (C=O) groups excluding carboxylic acids is 1. The quantitative estimate of drug-likeness (QED) is 0.829. The summed E-state index contributed by atoms with van der Waals surface area (Å²) in [6.07, 6.45) is 5.24. The van der Waals surface area contributed by atoms with Gasteiger partial charge in [0.1, 0.15) is 5.75 Å². The van der Waals surface area contributed by atoms with Gasteiger partial charge in [-0.15, -0.1) is 0 Å². The molecule has 1 aliphatic carbocycles. The largest absolute Gasteiger partial charge is 0.490 e. The number of anilines is 1. The van der Waals surface area contributed by atoms with Crippen molar-refractivity contribution in [3.63, 3.8) is 0 Å². The molecule has 2 aromatic rings. The zero-order chi connectivity index (χ0) is 20.4. The van der Waals surface area contributed by atoms with Gasteiger partial charge in [0.05, 0.1) is 17.4 Å². The van der Waals surface area contributed by atoms with E-state index in [1.54, 1.807) is 6.20 Å². The monoisotopic (exact) mass is 398 g/mol. The lowest BCUT2D eigenvalue weighted by molar-refractivity contribution is 0.0892. The molecule has 0 bridgehead atoms. The molecule has 0 unspecified atom stereocenters. The maximum absolute atomic E-state index is 12.6. The molecule has 8 nitrogen and oxygen atoms in total. The first kappa shape index (κ1) is 19.3. The van der Waals surface area contributed by atoms with Crippen LogP contribution >= 0.6 is 0 Å². The number of ether oxygens (including phenoxy) is 3. The van der Waals surface area contributed by atoms with Crippen LogP contribution in [-0.4, -0.2) is 48.9 Å². The van der Waals surface area contributed by atoms with Crippen LogP contribution in [0.4, 0.5) is 5.95 Å². The van der Waals surface area contributed by atoms with Crippen LogP contribution in [0.3, 0.4) is 0 Å². The lowest BCUT2D eigenvalue weighted by atomic mass is 9.92. The lowest BCUT2D eigenvalue weighted by Crippen LogP contribution is -2.40. The summed E-state index contributed by atoms with van der Waals surface area (Å²) < 4.78 is 16.8. The van der Waals surface area contributed by atoms with Gasteiger partial charge in [-0.25, -0.2) is 9.97 Å². The molecule has 1 aromatic heterocycles. The summed E-state index contributed by atoms with van der Waals surface area (Å²) in [5, 5.41) is 3.12. The van der Waals surface area contributed by atoms with Crippen LogP contribution in [0, 0.1) is 6.92 Å². The molecule has 4 rings (SSSR count). The molecule has 0 radical (unpaired) electrons. The van der Waals surface area contributed by atoms with Gasteiger partial charge in [0.2, 0.25) is 12.7 Å². The highest BCUT2D eigenvalue weighted by atomic mass is 16.7. The number of amides is 1. The second kappa shape index (κ2) is 8.14. The number of aryl methyl sites for hydroxylation is 1. The first-order valence-electron chi connectivity index (χ1n) is 9.87. The summed E-state index contributed by atoms with van der Waals surface area (Å²) in [6, 6.07) is 5.78. The summed E-state index contributed by atoms with van der Waals surface area (Å²) in [4.78, 5) is 23.1. The molecule has 1 N–H and O–H groups in total. The van der Waals surface area contributed by atoms with E-state index in [0.29, 0.717) is 17.2 Å². The fraction of sp³-hybridized carbons (Fsp3) is 0.476. The summed E-state index contributed by atoms with van der Waals surface area (Å²) in [5.74, 6) is 2.74. The van der Waals surface area contributed by atoms with Gasteiger partial charge >= 0.3 is 0 Å². The second-order valence-electron chi connectivity index (χ2n) is 7.64. The molecule has 1 aliphatic heterocycles. The Balaban J connectivity index is 1.29. The van der Waals surface area contributed by atoms with Crippen molar-refractivity contribution >= 4 is 11.9 Å². The van der Waals surface area contributed by atoms with E-state index in [2.05, 4.69) is 15.3 Å². The van der Waals surface area contributed by atoms with Crippen molar-refractivity contribution in [3.05, 3.63) is 35.7 Å². The number of rotatable bonds is 5. The molecule has 2 aliphatic rings. The summed E-state index contributed by atoms with van der Waals surface area (Å²) in [7, 11) is 3.75. The number of benzene rings is 1. The average molecular weight is 398 g/mol. The minimum Gasteiger partial charge on any atom is -0.490 e. The minimum absolute atomic E-state index is 0.118. The predicted molar refractivity (Wildman–Crippen MR) is 108 cm³/mol. The Morgan fingerprint density at radius 3 is 2.66 bits per heavy atom. The van der Waals surface area contributed by atoms with E-state index in [-0.39, 0.29) is 24.8 Å². The van der Waals surface area contributed by atoms with Gasteiger partial charge in [-0.3, -0.25) is 4.79 Å². The normalized spacial score (nSPS) is 20.2. The van der Waals surface area contributed by atoms with Crippen LogP contribution < -0.4 is 24.4 Å². The molecular formula is C21H26N4O4. The molecule has 29 heavy (non-hydrogen) atoms.